The highest BCUT2D eigenvalue weighted by Gasteiger charge is 2.30. The number of hydrogen-bond donors (Lipinski definition) is 1. The van der Waals surface area contributed by atoms with Gasteiger partial charge in [0.05, 0.1) is 27.0 Å². The minimum absolute atomic E-state index is 0.0717. The monoisotopic (exact) mass is 414 g/mol. The van der Waals surface area contributed by atoms with Gasteiger partial charge in [0.2, 0.25) is 18.3 Å². The highest BCUT2D eigenvalue weighted by Crippen LogP contribution is 2.49. The summed E-state index contributed by atoms with van der Waals surface area (Å²) in [5, 5.41) is 7.66. The predicted octanol–water partition coefficient (Wildman–Crippen LogP) is 2.92. The summed E-state index contributed by atoms with van der Waals surface area (Å²) in [4.78, 5) is 5.66. The maximum absolute atomic E-state index is 5.66. The summed E-state index contributed by atoms with van der Waals surface area (Å²) in [7, 11) is 4.89. The van der Waals surface area contributed by atoms with Gasteiger partial charge in [0.1, 0.15) is 11.9 Å². The van der Waals surface area contributed by atoms with Crippen LogP contribution in [-0.2, 0) is 17.8 Å². The first-order chi connectivity index (χ1) is 14.7. The SMILES string of the molecule is COc1cccc(CNCC2=NO[C@@H](Cc3cc(OC)c4c(c3OC)OCO4)C2)c1. The Bertz CT molecular complexity index is 930. The first-order valence-corrected chi connectivity index (χ1v) is 9.80. The average Bonchev–Trinajstić information content (AvgIpc) is 3.43. The number of nitrogens with one attached hydrogen (secondary N) is 1. The molecule has 0 amide bonds. The van der Waals surface area contributed by atoms with Crippen LogP contribution in [0, 0.1) is 0 Å². The Morgan fingerprint density at radius 1 is 1.03 bits per heavy atom. The van der Waals surface area contributed by atoms with Crippen molar-refractivity contribution in [2.75, 3.05) is 34.7 Å². The van der Waals surface area contributed by atoms with Gasteiger partial charge in [-0.15, -0.1) is 0 Å². The van der Waals surface area contributed by atoms with E-state index in [1.165, 1.54) is 0 Å². The third kappa shape index (κ3) is 4.23. The van der Waals surface area contributed by atoms with Gasteiger partial charge in [-0.3, -0.25) is 0 Å². The number of nitrogens with zero attached hydrogens (tertiary/aromatic N) is 1. The molecule has 0 unspecified atom stereocenters. The highest BCUT2D eigenvalue weighted by atomic mass is 16.7. The summed E-state index contributed by atoms with van der Waals surface area (Å²) in [5.74, 6) is 3.27. The molecular formula is C22H26N2O6. The van der Waals surface area contributed by atoms with E-state index >= 15 is 0 Å². The van der Waals surface area contributed by atoms with Crippen molar-refractivity contribution in [2.24, 2.45) is 5.16 Å². The Balaban J connectivity index is 1.34. The van der Waals surface area contributed by atoms with Gasteiger partial charge in [-0.25, -0.2) is 0 Å². The van der Waals surface area contributed by atoms with Gasteiger partial charge >= 0.3 is 0 Å². The predicted molar refractivity (Wildman–Crippen MR) is 111 cm³/mol. The van der Waals surface area contributed by atoms with E-state index in [2.05, 4.69) is 16.5 Å². The van der Waals surface area contributed by atoms with Crippen LogP contribution in [0.2, 0.25) is 0 Å². The Hall–Kier alpha value is -3.13. The molecule has 8 heteroatoms. The second-order valence-corrected chi connectivity index (χ2v) is 7.08. The van der Waals surface area contributed by atoms with E-state index in [-0.39, 0.29) is 12.9 Å². The molecule has 1 atom stereocenters. The lowest BCUT2D eigenvalue weighted by Crippen LogP contribution is -2.23. The molecular weight excluding hydrogens is 388 g/mol. The number of methoxy groups -OCH3 is 3. The van der Waals surface area contributed by atoms with Crippen LogP contribution >= 0.6 is 0 Å². The van der Waals surface area contributed by atoms with E-state index in [4.69, 9.17) is 28.5 Å². The number of benzene rings is 2. The van der Waals surface area contributed by atoms with Gasteiger partial charge in [0.15, 0.2) is 11.5 Å². The van der Waals surface area contributed by atoms with Crippen molar-refractivity contribution in [1.29, 1.82) is 0 Å². The summed E-state index contributed by atoms with van der Waals surface area (Å²) < 4.78 is 27.4. The molecule has 2 aromatic rings. The average molecular weight is 414 g/mol. The van der Waals surface area contributed by atoms with Gasteiger partial charge in [0, 0.05) is 31.5 Å². The number of fused-ring (bicyclic) bond motifs is 1. The van der Waals surface area contributed by atoms with Crippen molar-refractivity contribution in [3.8, 4) is 28.7 Å². The molecule has 160 valence electrons. The van der Waals surface area contributed by atoms with Crippen LogP contribution in [-0.4, -0.2) is 46.5 Å². The van der Waals surface area contributed by atoms with Crippen molar-refractivity contribution in [1.82, 2.24) is 5.32 Å². The number of hydrogen-bond acceptors (Lipinski definition) is 8. The van der Waals surface area contributed by atoms with E-state index in [1.54, 1.807) is 21.3 Å². The summed E-state index contributed by atoms with van der Waals surface area (Å²) in [6.45, 7) is 1.54. The zero-order valence-corrected chi connectivity index (χ0v) is 17.4. The van der Waals surface area contributed by atoms with Gasteiger partial charge in [-0.1, -0.05) is 17.3 Å². The lowest BCUT2D eigenvalue weighted by Gasteiger charge is -2.15. The minimum Gasteiger partial charge on any atom is -0.497 e. The Morgan fingerprint density at radius 2 is 1.90 bits per heavy atom. The van der Waals surface area contributed by atoms with Crippen LogP contribution in [0.25, 0.3) is 0 Å². The Morgan fingerprint density at radius 3 is 2.70 bits per heavy atom. The van der Waals surface area contributed by atoms with Gasteiger partial charge in [0.25, 0.3) is 0 Å². The molecule has 0 fully saturated rings. The minimum atomic E-state index is -0.0717. The molecule has 0 aromatic heterocycles. The normalized spacial score (nSPS) is 16.8. The van der Waals surface area contributed by atoms with Crippen LogP contribution in [0.4, 0.5) is 0 Å². The molecule has 2 aromatic carbocycles. The second kappa shape index (κ2) is 9.13. The van der Waals surface area contributed by atoms with Gasteiger partial charge < -0.3 is 33.8 Å². The maximum Gasteiger partial charge on any atom is 0.231 e. The third-order valence-corrected chi connectivity index (χ3v) is 5.10. The number of ether oxygens (including phenoxy) is 5. The molecule has 0 radical (unpaired) electrons. The summed E-state index contributed by atoms with van der Waals surface area (Å²) in [6, 6.07) is 9.90. The lowest BCUT2D eigenvalue weighted by atomic mass is 10.0. The maximum atomic E-state index is 5.66. The fourth-order valence-corrected chi connectivity index (χ4v) is 3.67. The first kappa shape index (κ1) is 20.2. The van der Waals surface area contributed by atoms with E-state index < -0.39 is 0 Å². The molecule has 2 heterocycles. The van der Waals surface area contributed by atoms with E-state index in [0.29, 0.717) is 36.0 Å². The molecule has 30 heavy (non-hydrogen) atoms. The Kier molecular flexibility index (Phi) is 6.13. The topological polar surface area (TPSA) is 79.8 Å². The van der Waals surface area contributed by atoms with Crippen LogP contribution in [0.3, 0.4) is 0 Å². The molecule has 0 saturated heterocycles. The quantitative estimate of drug-likeness (QED) is 0.676. The lowest BCUT2D eigenvalue weighted by molar-refractivity contribution is 0.0853. The molecule has 0 saturated carbocycles. The zero-order valence-electron chi connectivity index (χ0n) is 17.4. The smallest absolute Gasteiger partial charge is 0.231 e. The molecule has 1 N–H and O–H groups in total. The van der Waals surface area contributed by atoms with E-state index in [9.17, 15) is 0 Å². The van der Waals surface area contributed by atoms with Crippen molar-refractivity contribution < 1.29 is 28.5 Å². The van der Waals surface area contributed by atoms with Gasteiger partial charge in [-0.2, -0.15) is 0 Å². The molecule has 0 spiro atoms. The molecule has 2 aliphatic heterocycles. The molecule has 0 aliphatic carbocycles. The van der Waals surface area contributed by atoms with E-state index in [1.807, 2.05) is 24.3 Å². The van der Waals surface area contributed by atoms with Crippen molar-refractivity contribution in [3.63, 3.8) is 0 Å². The summed E-state index contributed by atoms with van der Waals surface area (Å²) >= 11 is 0. The van der Waals surface area contributed by atoms with Gasteiger partial charge in [-0.05, 0) is 23.8 Å². The Labute approximate surface area is 175 Å². The number of oxime groups is 1. The fraction of sp³-hybridized carbons (Fsp3) is 0.409. The van der Waals surface area contributed by atoms with Crippen molar-refractivity contribution >= 4 is 5.71 Å². The van der Waals surface area contributed by atoms with Crippen LogP contribution in [0.5, 0.6) is 28.7 Å². The van der Waals surface area contributed by atoms with E-state index in [0.717, 1.165) is 35.6 Å². The van der Waals surface area contributed by atoms with Crippen LogP contribution in [0.15, 0.2) is 35.5 Å². The largest absolute Gasteiger partial charge is 0.497 e. The van der Waals surface area contributed by atoms with Crippen molar-refractivity contribution in [2.45, 2.75) is 25.5 Å². The van der Waals surface area contributed by atoms with Crippen LogP contribution < -0.4 is 29.0 Å². The molecule has 0 bridgehead atoms. The molecule has 4 rings (SSSR count). The highest BCUT2D eigenvalue weighted by molar-refractivity contribution is 5.87. The summed E-state index contributed by atoms with van der Waals surface area (Å²) in [6.07, 6.45) is 1.29. The van der Waals surface area contributed by atoms with Crippen molar-refractivity contribution in [3.05, 3.63) is 41.5 Å². The fourth-order valence-electron chi connectivity index (χ4n) is 3.67. The van der Waals surface area contributed by atoms with Crippen LogP contribution in [0.1, 0.15) is 17.5 Å². The molecule has 2 aliphatic rings. The standard InChI is InChI=1S/C22H26N2O6/c1-25-17-6-4-5-14(7-17)11-23-12-16-10-18(30-24-16)8-15-9-19(26-2)21-22(20(15)27-3)29-13-28-21/h4-7,9,18,23H,8,10-13H2,1-3H3/t18-/m0/s1. The zero-order chi connectivity index (χ0) is 20.9. The summed E-state index contributed by atoms with van der Waals surface area (Å²) in [5.41, 5.74) is 3.07. The first-order valence-electron chi connectivity index (χ1n) is 9.80. The molecule has 8 nitrogen and oxygen atoms in total. The third-order valence-electron chi connectivity index (χ3n) is 5.10. The number of rotatable bonds is 9. The second-order valence-electron chi connectivity index (χ2n) is 7.08.